The summed E-state index contributed by atoms with van der Waals surface area (Å²) in [4.78, 5) is 25.7. The summed E-state index contributed by atoms with van der Waals surface area (Å²) < 4.78 is 1.87. The fourth-order valence-corrected chi connectivity index (χ4v) is 4.98. The fraction of sp³-hybridized carbons (Fsp3) is 0.714. The molecule has 4 rings (SSSR count). The number of anilines is 1. The van der Waals surface area contributed by atoms with Crippen LogP contribution in [-0.4, -0.2) is 56.1 Å². The van der Waals surface area contributed by atoms with Gasteiger partial charge in [-0.2, -0.15) is 14.6 Å². The summed E-state index contributed by atoms with van der Waals surface area (Å²) in [7, 11) is 0. The number of rotatable bonds is 4. The Morgan fingerprint density at radius 3 is 2.71 bits per heavy atom. The van der Waals surface area contributed by atoms with Gasteiger partial charge in [-0.25, -0.2) is 4.98 Å². The lowest BCUT2D eigenvalue weighted by molar-refractivity contribution is -0.132. The van der Waals surface area contributed by atoms with Gasteiger partial charge < -0.3 is 9.80 Å². The number of carbonyl (C=O) groups excluding carboxylic acids is 1. The van der Waals surface area contributed by atoms with E-state index in [0.29, 0.717) is 17.7 Å². The Morgan fingerprint density at radius 2 is 1.96 bits per heavy atom. The van der Waals surface area contributed by atoms with Crippen molar-refractivity contribution in [2.75, 3.05) is 24.5 Å². The molecule has 7 nitrogen and oxygen atoms in total. The predicted molar refractivity (Wildman–Crippen MR) is 109 cm³/mol. The fourth-order valence-electron chi connectivity index (χ4n) is 4.98. The number of aromatic nitrogens is 4. The Morgan fingerprint density at radius 1 is 1.14 bits per heavy atom. The van der Waals surface area contributed by atoms with Crippen LogP contribution in [0.25, 0.3) is 5.78 Å². The highest BCUT2D eigenvalue weighted by Gasteiger charge is 2.33. The van der Waals surface area contributed by atoms with Crippen LogP contribution in [0, 0.1) is 5.92 Å². The maximum atomic E-state index is 12.2. The molecule has 0 aliphatic carbocycles. The van der Waals surface area contributed by atoms with E-state index in [9.17, 15) is 4.79 Å². The summed E-state index contributed by atoms with van der Waals surface area (Å²) in [6, 6.07) is 2.60. The molecular weight excluding hydrogens is 352 g/mol. The molecule has 2 fully saturated rings. The van der Waals surface area contributed by atoms with Crippen molar-refractivity contribution in [2.45, 2.75) is 71.3 Å². The molecule has 2 aromatic heterocycles. The Hall–Kier alpha value is -2.18. The minimum Gasteiger partial charge on any atom is -0.356 e. The van der Waals surface area contributed by atoms with E-state index in [-0.39, 0.29) is 5.91 Å². The third kappa shape index (κ3) is 3.84. The zero-order chi connectivity index (χ0) is 19.5. The van der Waals surface area contributed by atoms with Gasteiger partial charge >= 0.3 is 0 Å². The van der Waals surface area contributed by atoms with Crippen molar-refractivity contribution in [1.29, 1.82) is 0 Å². The molecule has 152 valence electrons. The normalized spacial score (nSPS) is 21.9. The smallest absolute Gasteiger partial charge is 0.254 e. The molecular formula is C21H32N6O. The SMILES string of the molecule is CCCc1cc(N2CCC(C3CCCCCN3C(C)=O)CC2)n2ncnc2n1. The highest BCUT2D eigenvalue weighted by atomic mass is 16.2. The first kappa shape index (κ1) is 19.2. The molecule has 2 saturated heterocycles. The summed E-state index contributed by atoms with van der Waals surface area (Å²) in [5, 5.41) is 4.40. The van der Waals surface area contributed by atoms with Gasteiger partial charge in [0.1, 0.15) is 12.1 Å². The number of hydrogen-bond acceptors (Lipinski definition) is 5. The van der Waals surface area contributed by atoms with Gasteiger partial charge in [-0.1, -0.05) is 26.2 Å². The molecule has 0 aromatic carbocycles. The standard InChI is InChI=1S/C21H32N6O/c1-3-7-18-14-20(27-21(24-18)22-15-23-27)25-12-9-17(10-13-25)19-8-5-4-6-11-26(19)16(2)28/h14-15,17,19H,3-13H2,1-2H3. The van der Waals surface area contributed by atoms with Gasteiger partial charge in [0.05, 0.1) is 0 Å². The molecule has 0 radical (unpaired) electrons. The third-order valence-electron chi connectivity index (χ3n) is 6.40. The minimum atomic E-state index is 0.247. The van der Waals surface area contributed by atoms with Gasteiger partial charge in [-0.15, -0.1) is 0 Å². The molecule has 2 aliphatic rings. The first-order valence-corrected chi connectivity index (χ1v) is 10.9. The van der Waals surface area contributed by atoms with E-state index >= 15 is 0 Å². The number of aryl methyl sites for hydroxylation is 1. The molecule has 4 heterocycles. The second-order valence-corrected chi connectivity index (χ2v) is 8.28. The Kier molecular flexibility index (Phi) is 5.78. The molecule has 2 aliphatic heterocycles. The average molecular weight is 385 g/mol. The lowest BCUT2D eigenvalue weighted by Gasteiger charge is -2.41. The number of carbonyl (C=O) groups is 1. The highest BCUT2D eigenvalue weighted by molar-refractivity contribution is 5.73. The average Bonchev–Trinajstić information content (AvgIpc) is 3.03. The van der Waals surface area contributed by atoms with E-state index in [0.717, 1.165) is 69.7 Å². The van der Waals surface area contributed by atoms with Crippen LogP contribution in [0.1, 0.15) is 64.5 Å². The number of nitrogens with zero attached hydrogens (tertiary/aromatic N) is 6. The van der Waals surface area contributed by atoms with E-state index in [1.54, 1.807) is 13.3 Å². The second kappa shape index (κ2) is 8.45. The summed E-state index contributed by atoms with van der Waals surface area (Å²) in [5.74, 6) is 2.64. The van der Waals surface area contributed by atoms with E-state index in [2.05, 4.69) is 37.9 Å². The topological polar surface area (TPSA) is 66.6 Å². The van der Waals surface area contributed by atoms with E-state index in [1.165, 1.54) is 12.8 Å². The molecule has 0 saturated carbocycles. The van der Waals surface area contributed by atoms with E-state index in [4.69, 9.17) is 0 Å². The molecule has 28 heavy (non-hydrogen) atoms. The zero-order valence-electron chi connectivity index (χ0n) is 17.2. The van der Waals surface area contributed by atoms with Gasteiger partial charge in [-0.05, 0) is 38.0 Å². The van der Waals surface area contributed by atoms with E-state index in [1.807, 2.05) is 4.52 Å². The van der Waals surface area contributed by atoms with Gasteiger partial charge in [0.15, 0.2) is 0 Å². The summed E-state index contributed by atoms with van der Waals surface area (Å²) in [6.45, 7) is 6.84. The molecule has 2 aromatic rings. The van der Waals surface area contributed by atoms with Crippen LogP contribution < -0.4 is 4.90 Å². The lowest BCUT2D eigenvalue weighted by Crippen LogP contribution is -2.47. The molecule has 1 atom stereocenters. The first-order valence-electron chi connectivity index (χ1n) is 10.9. The van der Waals surface area contributed by atoms with Crippen LogP contribution in [0.4, 0.5) is 5.82 Å². The van der Waals surface area contributed by atoms with Gasteiger partial charge in [0, 0.05) is 44.4 Å². The van der Waals surface area contributed by atoms with Crippen LogP contribution in [0.15, 0.2) is 12.4 Å². The number of piperidine rings is 1. The lowest BCUT2D eigenvalue weighted by atomic mass is 9.86. The maximum Gasteiger partial charge on any atom is 0.254 e. The first-order chi connectivity index (χ1) is 13.7. The largest absolute Gasteiger partial charge is 0.356 e. The Bertz CT molecular complexity index is 810. The van der Waals surface area contributed by atoms with Gasteiger partial charge in [-0.3, -0.25) is 4.79 Å². The quantitative estimate of drug-likeness (QED) is 0.810. The zero-order valence-corrected chi connectivity index (χ0v) is 17.2. The molecule has 0 N–H and O–H groups in total. The predicted octanol–water partition coefficient (Wildman–Crippen LogP) is 3.08. The molecule has 7 heteroatoms. The minimum absolute atomic E-state index is 0.247. The second-order valence-electron chi connectivity index (χ2n) is 8.28. The van der Waals surface area contributed by atoms with Crippen molar-refractivity contribution in [3.63, 3.8) is 0 Å². The van der Waals surface area contributed by atoms with Crippen LogP contribution in [0.2, 0.25) is 0 Å². The summed E-state index contributed by atoms with van der Waals surface area (Å²) in [6.07, 6.45) is 10.7. The van der Waals surface area contributed by atoms with Crippen molar-refractivity contribution >= 4 is 17.5 Å². The van der Waals surface area contributed by atoms with Crippen LogP contribution in [0.5, 0.6) is 0 Å². The number of amides is 1. The summed E-state index contributed by atoms with van der Waals surface area (Å²) in [5.41, 5.74) is 1.09. The van der Waals surface area contributed by atoms with Crippen molar-refractivity contribution in [2.24, 2.45) is 5.92 Å². The van der Waals surface area contributed by atoms with Crippen molar-refractivity contribution in [3.05, 3.63) is 18.1 Å². The maximum absolute atomic E-state index is 12.2. The van der Waals surface area contributed by atoms with Crippen LogP contribution in [-0.2, 0) is 11.2 Å². The molecule has 0 spiro atoms. The molecule has 1 amide bonds. The molecule has 1 unspecified atom stereocenters. The third-order valence-corrected chi connectivity index (χ3v) is 6.40. The van der Waals surface area contributed by atoms with Gasteiger partial charge in [0.2, 0.25) is 5.91 Å². The van der Waals surface area contributed by atoms with E-state index < -0.39 is 0 Å². The van der Waals surface area contributed by atoms with Crippen molar-refractivity contribution in [1.82, 2.24) is 24.5 Å². The monoisotopic (exact) mass is 384 g/mol. The van der Waals surface area contributed by atoms with Crippen molar-refractivity contribution in [3.8, 4) is 0 Å². The number of fused-ring (bicyclic) bond motifs is 1. The summed E-state index contributed by atoms with van der Waals surface area (Å²) >= 11 is 0. The van der Waals surface area contributed by atoms with Crippen LogP contribution >= 0.6 is 0 Å². The Labute approximate surface area is 167 Å². The van der Waals surface area contributed by atoms with Crippen molar-refractivity contribution < 1.29 is 4.79 Å². The molecule has 0 bridgehead atoms. The van der Waals surface area contributed by atoms with Crippen LogP contribution in [0.3, 0.4) is 0 Å². The number of hydrogen-bond donors (Lipinski definition) is 0. The highest BCUT2D eigenvalue weighted by Crippen LogP contribution is 2.32. The van der Waals surface area contributed by atoms with Gasteiger partial charge in [0.25, 0.3) is 5.78 Å². The Balaban J connectivity index is 1.50. The number of likely N-dealkylation sites (tertiary alicyclic amines) is 1.